The normalized spacial score (nSPS) is 13.7. The molecule has 0 aliphatic carbocycles. The van der Waals surface area contributed by atoms with Crippen molar-refractivity contribution >= 4 is 5.97 Å². The largest absolute Gasteiger partial charge is 0.465 e. The Balaban J connectivity index is 4.10. The van der Waals surface area contributed by atoms with E-state index in [2.05, 4.69) is 20.8 Å². The molecular weight excluding hydrogens is 300 g/mol. The predicted octanol–water partition coefficient (Wildman–Crippen LogP) is 6.03. The van der Waals surface area contributed by atoms with E-state index in [0.717, 1.165) is 38.5 Å². The highest BCUT2D eigenvalue weighted by Gasteiger charge is 2.20. The molecule has 0 amide bonds. The Kier molecular flexibility index (Phi) is 16.8. The predicted molar refractivity (Wildman–Crippen MR) is 102 cm³/mol. The fourth-order valence-electron chi connectivity index (χ4n) is 3.03. The lowest BCUT2D eigenvalue weighted by atomic mass is 9.92. The third-order valence-electron chi connectivity index (χ3n) is 4.77. The minimum absolute atomic E-state index is 0.0928. The van der Waals surface area contributed by atoms with Crippen LogP contribution in [0.15, 0.2) is 0 Å². The lowest BCUT2D eigenvalue weighted by molar-refractivity contribution is -0.146. The summed E-state index contributed by atoms with van der Waals surface area (Å²) in [6.07, 6.45) is 14.6. The molecular formula is C21H42O3. The highest BCUT2D eigenvalue weighted by Crippen LogP contribution is 2.20. The lowest BCUT2D eigenvalue weighted by Gasteiger charge is -2.23. The van der Waals surface area contributed by atoms with Crippen molar-refractivity contribution in [2.75, 3.05) is 6.61 Å². The summed E-state index contributed by atoms with van der Waals surface area (Å²) >= 11 is 0. The van der Waals surface area contributed by atoms with Gasteiger partial charge in [0.2, 0.25) is 0 Å². The Morgan fingerprint density at radius 3 is 1.96 bits per heavy atom. The van der Waals surface area contributed by atoms with E-state index in [9.17, 15) is 9.90 Å². The molecule has 0 aromatic rings. The Hall–Kier alpha value is -0.570. The van der Waals surface area contributed by atoms with Gasteiger partial charge >= 0.3 is 5.97 Å². The van der Waals surface area contributed by atoms with Crippen LogP contribution in [0.4, 0.5) is 0 Å². The third kappa shape index (κ3) is 13.8. The molecule has 0 spiro atoms. The van der Waals surface area contributed by atoms with E-state index < -0.39 is 0 Å². The number of carbonyl (C=O) groups excluding carboxylic acids is 1. The first kappa shape index (κ1) is 23.4. The molecule has 0 radical (unpaired) electrons. The second-order valence-corrected chi connectivity index (χ2v) is 7.17. The lowest BCUT2D eigenvalue weighted by Crippen LogP contribution is -2.26. The molecule has 24 heavy (non-hydrogen) atoms. The fourth-order valence-corrected chi connectivity index (χ4v) is 3.03. The summed E-state index contributed by atoms with van der Waals surface area (Å²) in [5, 5.41) is 10.5. The van der Waals surface area contributed by atoms with E-state index in [1.54, 1.807) is 0 Å². The standard InChI is InChI=1S/C21H42O3/c1-4-7-10-13-16-20(22)19(15-12-9-6-3)18-24-21(23)17-14-11-8-5-2/h19-20,22H,4-18H2,1-3H3. The Morgan fingerprint density at radius 2 is 1.33 bits per heavy atom. The van der Waals surface area contributed by atoms with Crippen LogP contribution in [-0.4, -0.2) is 23.8 Å². The molecule has 3 heteroatoms. The minimum atomic E-state index is -0.327. The SMILES string of the molecule is CCCCCCC(=O)OCC(CCCCC)C(O)CCCCCC. The second kappa shape index (κ2) is 17.3. The first-order valence-corrected chi connectivity index (χ1v) is 10.5. The second-order valence-electron chi connectivity index (χ2n) is 7.17. The average molecular weight is 343 g/mol. The van der Waals surface area contributed by atoms with Crippen LogP contribution in [0.25, 0.3) is 0 Å². The monoisotopic (exact) mass is 342 g/mol. The third-order valence-corrected chi connectivity index (χ3v) is 4.77. The van der Waals surface area contributed by atoms with Gasteiger partial charge in [-0.15, -0.1) is 0 Å². The summed E-state index contributed by atoms with van der Waals surface area (Å²) in [5.74, 6) is 0.0162. The van der Waals surface area contributed by atoms with Gasteiger partial charge in [-0.25, -0.2) is 0 Å². The van der Waals surface area contributed by atoms with E-state index in [4.69, 9.17) is 4.74 Å². The Bertz CT molecular complexity index is 278. The number of hydrogen-bond donors (Lipinski definition) is 1. The van der Waals surface area contributed by atoms with Crippen LogP contribution in [0.3, 0.4) is 0 Å². The Labute approximate surface area is 150 Å². The first-order valence-electron chi connectivity index (χ1n) is 10.5. The van der Waals surface area contributed by atoms with E-state index in [1.165, 1.54) is 44.9 Å². The van der Waals surface area contributed by atoms with Gasteiger partial charge in [0.05, 0.1) is 12.7 Å². The number of unbranched alkanes of at least 4 members (excludes halogenated alkanes) is 8. The van der Waals surface area contributed by atoms with E-state index in [0.29, 0.717) is 13.0 Å². The number of rotatable bonds is 17. The zero-order valence-corrected chi connectivity index (χ0v) is 16.5. The summed E-state index contributed by atoms with van der Waals surface area (Å²) in [6.45, 7) is 6.95. The van der Waals surface area contributed by atoms with E-state index in [-0.39, 0.29) is 18.0 Å². The van der Waals surface area contributed by atoms with Crippen molar-refractivity contribution < 1.29 is 14.6 Å². The van der Waals surface area contributed by atoms with Crippen LogP contribution in [0.5, 0.6) is 0 Å². The number of ether oxygens (including phenoxy) is 1. The van der Waals surface area contributed by atoms with Gasteiger partial charge in [0.25, 0.3) is 0 Å². The summed E-state index contributed by atoms with van der Waals surface area (Å²) in [7, 11) is 0. The van der Waals surface area contributed by atoms with Gasteiger partial charge in [-0.05, 0) is 19.3 Å². The maximum absolute atomic E-state index is 11.9. The summed E-state index contributed by atoms with van der Waals surface area (Å²) < 4.78 is 5.46. The molecule has 0 fully saturated rings. The van der Waals surface area contributed by atoms with Crippen LogP contribution >= 0.6 is 0 Å². The molecule has 2 atom stereocenters. The molecule has 2 unspecified atom stereocenters. The van der Waals surface area contributed by atoms with Crippen LogP contribution in [0, 0.1) is 5.92 Å². The maximum Gasteiger partial charge on any atom is 0.305 e. The molecule has 0 heterocycles. The van der Waals surface area contributed by atoms with E-state index >= 15 is 0 Å². The highest BCUT2D eigenvalue weighted by molar-refractivity contribution is 5.69. The van der Waals surface area contributed by atoms with Crippen molar-refractivity contribution in [3.63, 3.8) is 0 Å². The molecule has 0 rings (SSSR count). The van der Waals surface area contributed by atoms with Gasteiger partial charge in [0, 0.05) is 12.3 Å². The summed E-state index contributed by atoms with van der Waals surface area (Å²) in [5.41, 5.74) is 0. The van der Waals surface area contributed by atoms with Gasteiger partial charge in [-0.2, -0.15) is 0 Å². The zero-order chi connectivity index (χ0) is 18.0. The van der Waals surface area contributed by atoms with Gasteiger partial charge < -0.3 is 9.84 Å². The van der Waals surface area contributed by atoms with Crippen molar-refractivity contribution in [3.05, 3.63) is 0 Å². The number of hydrogen-bond acceptors (Lipinski definition) is 3. The molecule has 0 aromatic heterocycles. The molecule has 0 saturated heterocycles. The molecule has 0 aromatic carbocycles. The van der Waals surface area contributed by atoms with Crippen molar-refractivity contribution in [1.29, 1.82) is 0 Å². The van der Waals surface area contributed by atoms with Gasteiger partial charge in [0.1, 0.15) is 0 Å². The van der Waals surface area contributed by atoms with Crippen molar-refractivity contribution in [2.45, 2.75) is 117 Å². The summed E-state index contributed by atoms with van der Waals surface area (Å²) in [6, 6.07) is 0. The topological polar surface area (TPSA) is 46.5 Å². The maximum atomic E-state index is 11.9. The first-order chi connectivity index (χ1) is 11.7. The number of aliphatic hydroxyl groups is 1. The zero-order valence-electron chi connectivity index (χ0n) is 16.5. The van der Waals surface area contributed by atoms with Gasteiger partial charge in [0.15, 0.2) is 0 Å². The van der Waals surface area contributed by atoms with Crippen molar-refractivity contribution in [3.8, 4) is 0 Å². The smallest absolute Gasteiger partial charge is 0.305 e. The van der Waals surface area contributed by atoms with Gasteiger partial charge in [-0.3, -0.25) is 4.79 Å². The van der Waals surface area contributed by atoms with Crippen LogP contribution in [0.1, 0.15) is 111 Å². The number of aliphatic hydroxyl groups excluding tert-OH is 1. The number of esters is 1. The van der Waals surface area contributed by atoms with Crippen LogP contribution < -0.4 is 0 Å². The van der Waals surface area contributed by atoms with Gasteiger partial charge in [-0.1, -0.05) is 85.0 Å². The molecule has 0 bridgehead atoms. The number of carbonyl (C=O) groups is 1. The van der Waals surface area contributed by atoms with Crippen LogP contribution in [-0.2, 0) is 9.53 Å². The quantitative estimate of drug-likeness (QED) is 0.259. The van der Waals surface area contributed by atoms with Crippen molar-refractivity contribution in [1.82, 2.24) is 0 Å². The molecule has 0 aliphatic rings. The van der Waals surface area contributed by atoms with E-state index in [1.807, 2.05) is 0 Å². The molecule has 1 N–H and O–H groups in total. The summed E-state index contributed by atoms with van der Waals surface area (Å²) in [4.78, 5) is 11.9. The average Bonchev–Trinajstić information content (AvgIpc) is 2.58. The Morgan fingerprint density at radius 1 is 0.792 bits per heavy atom. The minimum Gasteiger partial charge on any atom is -0.465 e. The highest BCUT2D eigenvalue weighted by atomic mass is 16.5. The molecule has 0 aliphatic heterocycles. The molecule has 0 saturated carbocycles. The molecule has 3 nitrogen and oxygen atoms in total. The fraction of sp³-hybridized carbons (Fsp3) is 0.952. The molecule has 144 valence electrons. The van der Waals surface area contributed by atoms with Crippen LogP contribution in [0.2, 0.25) is 0 Å². The van der Waals surface area contributed by atoms with Crippen molar-refractivity contribution in [2.24, 2.45) is 5.92 Å².